The number of carbonyl (C=O) groups is 3. The van der Waals surface area contributed by atoms with Crippen LogP contribution in [0.1, 0.15) is 252 Å². The van der Waals surface area contributed by atoms with E-state index in [4.69, 9.17) is 14.2 Å². The van der Waals surface area contributed by atoms with Crippen molar-refractivity contribution in [2.75, 3.05) is 13.2 Å². The van der Waals surface area contributed by atoms with Gasteiger partial charge in [-0.15, -0.1) is 0 Å². The van der Waals surface area contributed by atoms with Gasteiger partial charge < -0.3 is 14.2 Å². The maximum absolute atomic E-state index is 12.7. The van der Waals surface area contributed by atoms with Crippen molar-refractivity contribution >= 4 is 17.9 Å². The molecule has 0 saturated heterocycles. The van der Waals surface area contributed by atoms with Gasteiger partial charge in [-0.3, -0.25) is 14.4 Å². The Kier molecular flexibility index (Phi) is 44.4. The van der Waals surface area contributed by atoms with Gasteiger partial charge in [0, 0.05) is 19.3 Å². The predicted molar refractivity (Wildman–Crippen MR) is 242 cm³/mol. The monoisotopic (exact) mass is 801 g/mol. The zero-order valence-corrected chi connectivity index (χ0v) is 37.9. The Morgan fingerprint density at radius 3 is 1.11 bits per heavy atom. The molecule has 0 radical (unpaired) electrons. The molecule has 0 aromatic heterocycles. The van der Waals surface area contributed by atoms with Gasteiger partial charge in [-0.1, -0.05) is 198 Å². The van der Waals surface area contributed by atoms with Gasteiger partial charge >= 0.3 is 17.9 Å². The lowest BCUT2D eigenvalue weighted by atomic mass is 10.0. The third kappa shape index (κ3) is 44.6. The normalized spacial score (nSPS) is 12.3. The summed E-state index contributed by atoms with van der Waals surface area (Å²) >= 11 is 0. The maximum Gasteiger partial charge on any atom is 0.306 e. The number of hydrogen-bond acceptors (Lipinski definition) is 6. The first-order valence-electron chi connectivity index (χ1n) is 24.5. The van der Waals surface area contributed by atoms with E-state index in [0.717, 1.165) is 70.6 Å². The summed E-state index contributed by atoms with van der Waals surface area (Å²) in [4.78, 5) is 37.8. The van der Waals surface area contributed by atoms with E-state index in [2.05, 4.69) is 57.2 Å². The first kappa shape index (κ1) is 54.6. The lowest BCUT2D eigenvalue weighted by Gasteiger charge is -2.18. The van der Waals surface area contributed by atoms with E-state index in [-0.39, 0.29) is 31.1 Å². The molecular formula is C51H92O6. The van der Waals surface area contributed by atoms with Gasteiger partial charge in [0.2, 0.25) is 0 Å². The van der Waals surface area contributed by atoms with E-state index >= 15 is 0 Å². The molecule has 0 amide bonds. The highest BCUT2D eigenvalue weighted by Crippen LogP contribution is 2.15. The highest BCUT2D eigenvalue weighted by atomic mass is 16.6. The summed E-state index contributed by atoms with van der Waals surface area (Å²) in [6.07, 6.45) is 52.7. The second kappa shape index (κ2) is 46.3. The van der Waals surface area contributed by atoms with Crippen molar-refractivity contribution in [1.29, 1.82) is 0 Å². The van der Waals surface area contributed by atoms with E-state index in [0.29, 0.717) is 19.3 Å². The molecule has 0 aromatic carbocycles. The van der Waals surface area contributed by atoms with E-state index in [1.54, 1.807) is 0 Å². The molecule has 0 heterocycles. The molecule has 0 saturated carbocycles. The van der Waals surface area contributed by atoms with Crippen molar-refractivity contribution in [3.05, 3.63) is 36.5 Å². The van der Waals surface area contributed by atoms with Gasteiger partial charge in [0.25, 0.3) is 0 Å². The smallest absolute Gasteiger partial charge is 0.306 e. The fourth-order valence-corrected chi connectivity index (χ4v) is 6.89. The van der Waals surface area contributed by atoms with Crippen molar-refractivity contribution in [1.82, 2.24) is 0 Å². The first-order chi connectivity index (χ1) is 28.0. The van der Waals surface area contributed by atoms with Crippen LogP contribution in [-0.4, -0.2) is 37.2 Å². The van der Waals surface area contributed by atoms with Crippen LogP contribution in [0, 0.1) is 0 Å². The van der Waals surface area contributed by atoms with Crippen LogP contribution < -0.4 is 0 Å². The maximum atomic E-state index is 12.7. The Morgan fingerprint density at radius 2 is 0.649 bits per heavy atom. The molecule has 0 rings (SSSR count). The Bertz CT molecular complexity index is 969. The standard InChI is InChI=1S/C51H92O6/c1-4-7-10-13-16-19-21-23-24-25-26-28-29-32-35-38-41-44-50(53)56-47-48(46-55-49(52)43-40-37-34-31-18-15-12-9-6-3)57-51(54)45-42-39-36-33-30-27-22-20-17-14-11-8-5-2/h16,19,23-24,31,34,48H,4-15,17-18,20-22,25-30,32-33,35-47H2,1-3H3/b19-16-,24-23-,34-31-. The molecule has 1 unspecified atom stereocenters. The summed E-state index contributed by atoms with van der Waals surface area (Å²) in [6, 6.07) is 0. The number of hydrogen-bond donors (Lipinski definition) is 0. The number of rotatable bonds is 44. The first-order valence-corrected chi connectivity index (χ1v) is 24.5. The minimum Gasteiger partial charge on any atom is -0.462 e. The quantitative estimate of drug-likeness (QED) is 0.0264. The molecule has 0 aliphatic carbocycles. The Balaban J connectivity index is 4.33. The Hall–Kier alpha value is -2.37. The van der Waals surface area contributed by atoms with Crippen molar-refractivity contribution in [3.63, 3.8) is 0 Å². The minimum atomic E-state index is -0.780. The lowest BCUT2D eigenvalue weighted by molar-refractivity contribution is -0.167. The summed E-state index contributed by atoms with van der Waals surface area (Å²) < 4.78 is 16.7. The molecule has 0 spiro atoms. The van der Waals surface area contributed by atoms with E-state index in [9.17, 15) is 14.4 Å². The van der Waals surface area contributed by atoms with Crippen molar-refractivity contribution in [2.24, 2.45) is 0 Å². The van der Waals surface area contributed by atoms with Gasteiger partial charge in [0.1, 0.15) is 13.2 Å². The van der Waals surface area contributed by atoms with Crippen LogP contribution in [0.15, 0.2) is 36.5 Å². The van der Waals surface area contributed by atoms with Crippen LogP contribution in [0.4, 0.5) is 0 Å². The van der Waals surface area contributed by atoms with Crippen LogP contribution in [-0.2, 0) is 28.6 Å². The van der Waals surface area contributed by atoms with Gasteiger partial charge in [-0.2, -0.15) is 0 Å². The molecular weight excluding hydrogens is 709 g/mol. The highest BCUT2D eigenvalue weighted by molar-refractivity contribution is 5.71. The molecule has 0 fully saturated rings. The van der Waals surface area contributed by atoms with Gasteiger partial charge in [-0.25, -0.2) is 0 Å². The van der Waals surface area contributed by atoms with Crippen LogP contribution in [0.2, 0.25) is 0 Å². The van der Waals surface area contributed by atoms with Crippen LogP contribution in [0.25, 0.3) is 0 Å². The number of esters is 3. The lowest BCUT2D eigenvalue weighted by Crippen LogP contribution is -2.30. The summed E-state index contributed by atoms with van der Waals surface area (Å²) in [5.41, 5.74) is 0. The zero-order chi connectivity index (χ0) is 41.5. The molecule has 57 heavy (non-hydrogen) atoms. The average Bonchev–Trinajstić information content (AvgIpc) is 3.21. The van der Waals surface area contributed by atoms with Gasteiger partial charge in [0.15, 0.2) is 6.10 Å². The molecule has 6 heteroatoms. The van der Waals surface area contributed by atoms with Gasteiger partial charge in [-0.05, 0) is 70.6 Å². The molecule has 6 nitrogen and oxygen atoms in total. The van der Waals surface area contributed by atoms with E-state index < -0.39 is 6.10 Å². The molecule has 332 valence electrons. The molecule has 0 aliphatic rings. The third-order valence-corrected chi connectivity index (χ3v) is 10.6. The fourth-order valence-electron chi connectivity index (χ4n) is 6.89. The van der Waals surface area contributed by atoms with Crippen LogP contribution in [0.3, 0.4) is 0 Å². The summed E-state index contributed by atoms with van der Waals surface area (Å²) in [5, 5.41) is 0. The SMILES string of the molecule is CCCCC/C=C\C/C=C\CCCCCCCCCC(=O)OCC(COC(=O)CCC/C=C\CCCCCC)OC(=O)CCCCCCCCCCCCCCC. The number of carbonyl (C=O) groups excluding carboxylic acids is 3. The van der Waals surface area contributed by atoms with E-state index in [1.165, 1.54) is 141 Å². The second-order valence-corrected chi connectivity index (χ2v) is 16.4. The number of allylic oxidation sites excluding steroid dienone is 6. The van der Waals surface area contributed by atoms with E-state index in [1.807, 2.05) is 0 Å². The topological polar surface area (TPSA) is 78.9 Å². The fraction of sp³-hybridized carbons (Fsp3) is 0.824. The van der Waals surface area contributed by atoms with Crippen LogP contribution >= 0.6 is 0 Å². The van der Waals surface area contributed by atoms with Gasteiger partial charge in [0.05, 0.1) is 0 Å². The molecule has 1 atom stereocenters. The van der Waals surface area contributed by atoms with Crippen molar-refractivity contribution < 1.29 is 28.6 Å². The Labute approximate surface area is 353 Å². The van der Waals surface area contributed by atoms with Crippen molar-refractivity contribution in [3.8, 4) is 0 Å². The van der Waals surface area contributed by atoms with Crippen LogP contribution in [0.5, 0.6) is 0 Å². The molecule has 0 N–H and O–H groups in total. The molecule has 0 aliphatic heterocycles. The molecule has 0 aromatic rings. The largest absolute Gasteiger partial charge is 0.462 e. The second-order valence-electron chi connectivity index (χ2n) is 16.4. The third-order valence-electron chi connectivity index (χ3n) is 10.6. The minimum absolute atomic E-state index is 0.0824. The summed E-state index contributed by atoms with van der Waals surface area (Å²) in [5.74, 6) is -0.920. The molecule has 0 bridgehead atoms. The predicted octanol–water partition coefficient (Wildman–Crippen LogP) is 15.8. The van der Waals surface area contributed by atoms with Crippen molar-refractivity contribution in [2.45, 2.75) is 258 Å². The summed E-state index contributed by atoms with van der Waals surface area (Å²) in [6.45, 7) is 6.55. The Morgan fingerprint density at radius 1 is 0.351 bits per heavy atom. The highest BCUT2D eigenvalue weighted by Gasteiger charge is 2.19. The zero-order valence-electron chi connectivity index (χ0n) is 37.9. The number of ether oxygens (including phenoxy) is 3. The summed E-state index contributed by atoms with van der Waals surface area (Å²) in [7, 11) is 0. The number of unbranched alkanes of at least 4 members (excludes halogenated alkanes) is 27. The average molecular weight is 801 g/mol.